The van der Waals surface area contributed by atoms with Gasteiger partial charge < -0.3 is 10.5 Å². The molecule has 0 saturated heterocycles. The standard InChI is InChI=1S/C13H23N3O/c1-4-11(2)16(7-8-17-3)10-13-9-12(14)5-6-15-13/h5-6,9,11H,4,7-8,10H2,1-3H3,(H2,14,15). The second-order valence-corrected chi connectivity index (χ2v) is 4.30. The van der Waals surface area contributed by atoms with E-state index in [0.717, 1.165) is 37.5 Å². The number of nitrogens with two attached hydrogens (primary N) is 1. The van der Waals surface area contributed by atoms with Gasteiger partial charge in [-0.25, -0.2) is 0 Å². The van der Waals surface area contributed by atoms with Crippen molar-refractivity contribution in [2.45, 2.75) is 32.9 Å². The minimum Gasteiger partial charge on any atom is -0.399 e. The van der Waals surface area contributed by atoms with Crippen LogP contribution < -0.4 is 5.73 Å². The lowest BCUT2D eigenvalue weighted by atomic mass is 10.2. The van der Waals surface area contributed by atoms with Gasteiger partial charge in [0, 0.05) is 38.1 Å². The lowest BCUT2D eigenvalue weighted by Gasteiger charge is -2.27. The third kappa shape index (κ3) is 4.71. The van der Waals surface area contributed by atoms with Gasteiger partial charge in [0.05, 0.1) is 12.3 Å². The fourth-order valence-corrected chi connectivity index (χ4v) is 1.71. The Kier molecular flexibility index (Phi) is 5.94. The van der Waals surface area contributed by atoms with E-state index in [1.807, 2.05) is 12.1 Å². The number of anilines is 1. The van der Waals surface area contributed by atoms with E-state index in [2.05, 4.69) is 23.7 Å². The normalized spacial score (nSPS) is 12.9. The third-order valence-electron chi connectivity index (χ3n) is 3.00. The fourth-order valence-electron chi connectivity index (χ4n) is 1.71. The highest BCUT2D eigenvalue weighted by Crippen LogP contribution is 2.10. The molecule has 1 rings (SSSR count). The van der Waals surface area contributed by atoms with Gasteiger partial charge in [-0.15, -0.1) is 0 Å². The first kappa shape index (κ1) is 13.9. The first-order valence-corrected chi connectivity index (χ1v) is 6.10. The van der Waals surface area contributed by atoms with Gasteiger partial charge in [-0.05, 0) is 25.5 Å². The van der Waals surface area contributed by atoms with E-state index in [-0.39, 0.29) is 0 Å². The Bertz CT molecular complexity index is 330. The summed E-state index contributed by atoms with van der Waals surface area (Å²) < 4.78 is 5.14. The van der Waals surface area contributed by atoms with Crippen LogP contribution in [-0.2, 0) is 11.3 Å². The molecule has 96 valence electrons. The molecule has 1 aromatic rings. The van der Waals surface area contributed by atoms with Crippen LogP contribution in [0.4, 0.5) is 5.69 Å². The van der Waals surface area contributed by atoms with Crippen LogP contribution in [0.3, 0.4) is 0 Å². The molecule has 0 aliphatic rings. The van der Waals surface area contributed by atoms with Gasteiger partial charge in [0.2, 0.25) is 0 Å². The number of methoxy groups -OCH3 is 1. The zero-order valence-corrected chi connectivity index (χ0v) is 11.0. The molecule has 1 atom stereocenters. The van der Waals surface area contributed by atoms with Crippen molar-refractivity contribution in [3.8, 4) is 0 Å². The Morgan fingerprint density at radius 1 is 1.53 bits per heavy atom. The minimum absolute atomic E-state index is 0.522. The van der Waals surface area contributed by atoms with Crippen molar-refractivity contribution in [2.24, 2.45) is 0 Å². The lowest BCUT2D eigenvalue weighted by molar-refractivity contribution is 0.117. The highest BCUT2D eigenvalue weighted by molar-refractivity contribution is 5.37. The maximum atomic E-state index is 5.76. The van der Waals surface area contributed by atoms with Crippen LogP contribution in [0.1, 0.15) is 26.0 Å². The third-order valence-corrected chi connectivity index (χ3v) is 3.00. The summed E-state index contributed by atoms with van der Waals surface area (Å²) in [4.78, 5) is 6.71. The molecule has 2 N–H and O–H groups in total. The Morgan fingerprint density at radius 3 is 2.88 bits per heavy atom. The minimum atomic E-state index is 0.522. The maximum absolute atomic E-state index is 5.76. The monoisotopic (exact) mass is 237 g/mol. The first-order chi connectivity index (χ1) is 8.17. The van der Waals surface area contributed by atoms with Crippen molar-refractivity contribution >= 4 is 5.69 Å². The molecule has 17 heavy (non-hydrogen) atoms. The molecule has 4 heteroatoms. The Morgan fingerprint density at radius 2 is 2.29 bits per heavy atom. The summed E-state index contributed by atoms with van der Waals surface area (Å²) in [6.07, 6.45) is 2.88. The van der Waals surface area contributed by atoms with Gasteiger partial charge >= 0.3 is 0 Å². The van der Waals surface area contributed by atoms with E-state index < -0.39 is 0 Å². The zero-order chi connectivity index (χ0) is 12.7. The van der Waals surface area contributed by atoms with Gasteiger partial charge in [0.25, 0.3) is 0 Å². The van der Waals surface area contributed by atoms with E-state index in [9.17, 15) is 0 Å². The Hall–Kier alpha value is -1.13. The molecule has 0 saturated carbocycles. The van der Waals surface area contributed by atoms with Crippen LogP contribution in [0.25, 0.3) is 0 Å². The Labute approximate surface area is 104 Å². The molecule has 0 radical (unpaired) electrons. The predicted molar refractivity (Wildman–Crippen MR) is 70.7 cm³/mol. The zero-order valence-electron chi connectivity index (χ0n) is 11.0. The second-order valence-electron chi connectivity index (χ2n) is 4.30. The van der Waals surface area contributed by atoms with Crippen molar-refractivity contribution in [1.29, 1.82) is 0 Å². The highest BCUT2D eigenvalue weighted by Gasteiger charge is 2.12. The van der Waals surface area contributed by atoms with E-state index in [4.69, 9.17) is 10.5 Å². The Balaban J connectivity index is 2.64. The quantitative estimate of drug-likeness (QED) is 0.787. The van der Waals surface area contributed by atoms with Crippen LogP contribution in [0, 0.1) is 0 Å². The summed E-state index contributed by atoms with van der Waals surface area (Å²) in [6, 6.07) is 4.27. The van der Waals surface area contributed by atoms with Gasteiger partial charge in [-0.1, -0.05) is 6.92 Å². The van der Waals surface area contributed by atoms with Gasteiger partial charge in [0.15, 0.2) is 0 Å². The lowest BCUT2D eigenvalue weighted by Crippen LogP contribution is -2.35. The second kappa shape index (κ2) is 7.25. The number of ether oxygens (including phenoxy) is 1. The van der Waals surface area contributed by atoms with Crippen molar-refractivity contribution in [2.75, 3.05) is 26.0 Å². The predicted octanol–water partition coefficient (Wildman–Crippen LogP) is 1.91. The van der Waals surface area contributed by atoms with Crippen molar-refractivity contribution in [3.05, 3.63) is 24.0 Å². The van der Waals surface area contributed by atoms with Crippen LogP contribution >= 0.6 is 0 Å². The molecule has 0 aliphatic carbocycles. The summed E-state index contributed by atoms with van der Waals surface area (Å²) in [5.41, 5.74) is 7.54. The summed E-state index contributed by atoms with van der Waals surface area (Å²) in [5.74, 6) is 0. The van der Waals surface area contributed by atoms with E-state index in [1.165, 1.54) is 0 Å². The van der Waals surface area contributed by atoms with E-state index in [1.54, 1.807) is 13.3 Å². The summed E-state index contributed by atoms with van der Waals surface area (Å²) in [5, 5.41) is 0. The average molecular weight is 237 g/mol. The van der Waals surface area contributed by atoms with Gasteiger partial charge in [0.1, 0.15) is 0 Å². The number of hydrogen-bond donors (Lipinski definition) is 1. The van der Waals surface area contributed by atoms with Crippen molar-refractivity contribution < 1.29 is 4.74 Å². The first-order valence-electron chi connectivity index (χ1n) is 6.10. The molecule has 1 unspecified atom stereocenters. The van der Waals surface area contributed by atoms with Crippen LogP contribution in [0.15, 0.2) is 18.3 Å². The maximum Gasteiger partial charge on any atom is 0.0589 e. The molecule has 0 aliphatic heterocycles. The van der Waals surface area contributed by atoms with E-state index in [0.29, 0.717) is 6.04 Å². The number of nitrogen functional groups attached to an aromatic ring is 1. The smallest absolute Gasteiger partial charge is 0.0589 e. The molecule has 1 aromatic heterocycles. The van der Waals surface area contributed by atoms with Crippen LogP contribution in [0.5, 0.6) is 0 Å². The molecule has 0 amide bonds. The van der Waals surface area contributed by atoms with Gasteiger partial charge in [-0.3, -0.25) is 9.88 Å². The molecule has 1 heterocycles. The molecular weight excluding hydrogens is 214 g/mol. The molecule has 0 fully saturated rings. The molecule has 0 bridgehead atoms. The molecule has 4 nitrogen and oxygen atoms in total. The fraction of sp³-hybridized carbons (Fsp3) is 0.615. The largest absolute Gasteiger partial charge is 0.399 e. The highest BCUT2D eigenvalue weighted by atomic mass is 16.5. The van der Waals surface area contributed by atoms with Crippen molar-refractivity contribution in [1.82, 2.24) is 9.88 Å². The van der Waals surface area contributed by atoms with Crippen LogP contribution in [0.2, 0.25) is 0 Å². The summed E-state index contributed by atoms with van der Waals surface area (Å²) in [7, 11) is 1.73. The number of hydrogen-bond acceptors (Lipinski definition) is 4. The molecule has 0 aromatic carbocycles. The van der Waals surface area contributed by atoms with Gasteiger partial charge in [-0.2, -0.15) is 0 Å². The van der Waals surface area contributed by atoms with Crippen molar-refractivity contribution in [3.63, 3.8) is 0 Å². The SMILES string of the molecule is CCC(C)N(CCOC)Cc1cc(N)ccn1. The molecule has 0 spiro atoms. The number of aromatic nitrogens is 1. The van der Waals surface area contributed by atoms with Crippen LogP contribution in [-0.4, -0.2) is 36.2 Å². The number of pyridine rings is 1. The number of nitrogens with zero attached hydrogens (tertiary/aromatic N) is 2. The summed E-state index contributed by atoms with van der Waals surface area (Å²) in [6.45, 7) is 6.90. The topological polar surface area (TPSA) is 51.4 Å². The van der Waals surface area contributed by atoms with E-state index >= 15 is 0 Å². The average Bonchev–Trinajstić information content (AvgIpc) is 2.33. The summed E-state index contributed by atoms with van der Waals surface area (Å²) >= 11 is 0. The molecular formula is C13H23N3O. The number of rotatable bonds is 7.